The standard InChI is InChI=1S/C23H22ClN3O6S2/c1-3-32-23(29)20-21(28)19(34-22(20)26-16-7-5-15(24)6-8-16)13-17-9-10-18(33-17)14-27(12-4-11-25)35(2,30)31/h5-10,13,28H,3-4,12,14H2,1-2H3/b19-13-,26-22?. The lowest BCUT2D eigenvalue weighted by Crippen LogP contribution is -2.30. The first-order valence-electron chi connectivity index (χ1n) is 10.4. The highest BCUT2D eigenvalue weighted by molar-refractivity contribution is 8.18. The van der Waals surface area contributed by atoms with Crippen molar-refractivity contribution in [3.05, 3.63) is 69.2 Å². The van der Waals surface area contributed by atoms with Crippen LogP contribution in [-0.4, -0.2) is 48.2 Å². The number of carbonyl (C=O) groups is 1. The molecule has 0 radical (unpaired) electrons. The van der Waals surface area contributed by atoms with Crippen LogP contribution in [0.2, 0.25) is 5.02 Å². The number of hydrogen-bond acceptors (Lipinski definition) is 9. The summed E-state index contributed by atoms with van der Waals surface area (Å²) >= 11 is 6.99. The van der Waals surface area contributed by atoms with Crippen molar-refractivity contribution in [1.82, 2.24) is 4.31 Å². The molecule has 0 atom stereocenters. The van der Waals surface area contributed by atoms with Crippen LogP contribution in [0.1, 0.15) is 24.9 Å². The maximum absolute atomic E-state index is 12.5. The molecule has 1 aromatic carbocycles. The zero-order valence-electron chi connectivity index (χ0n) is 18.9. The van der Waals surface area contributed by atoms with Gasteiger partial charge >= 0.3 is 5.97 Å². The number of aliphatic hydroxyl groups excluding tert-OH is 1. The third kappa shape index (κ3) is 6.99. The van der Waals surface area contributed by atoms with Gasteiger partial charge in [-0.3, -0.25) is 0 Å². The molecule has 2 aromatic rings. The Kier molecular flexibility index (Phi) is 8.80. The van der Waals surface area contributed by atoms with Gasteiger partial charge in [0.05, 0.1) is 36.1 Å². The minimum atomic E-state index is -3.54. The fraction of sp³-hybridized carbons (Fsp3) is 0.261. The lowest BCUT2D eigenvalue weighted by atomic mass is 10.2. The highest BCUT2D eigenvalue weighted by atomic mass is 35.5. The smallest absolute Gasteiger partial charge is 0.344 e. The normalized spacial score (nSPS) is 16.3. The van der Waals surface area contributed by atoms with E-state index in [-0.39, 0.29) is 42.5 Å². The summed E-state index contributed by atoms with van der Waals surface area (Å²) in [5, 5.41) is 20.3. The molecule has 35 heavy (non-hydrogen) atoms. The SMILES string of the molecule is CCOC(=O)C1=C(O)/C(=C/c2ccc(CN(CCC#N)S(C)(=O)=O)o2)SC1=Nc1ccc(Cl)cc1. The Morgan fingerprint density at radius 1 is 1.31 bits per heavy atom. The second-order valence-corrected chi connectivity index (χ2v) is 10.7. The second kappa shape index (κ2) is 11.6. The van der Waals surface area contributed by atoms with Gasteiger partial charge in [0.15, 0.2) is 0 Å². The van der Waals surface area contributed by atoms with Gasteiger partial charge < -0.3 is 14.3 Å². The summed E-state index contributed by atoms with van der Waals surface area (Å²) in [6.45, 7) is 1.78. The zero-order valence-corrected chi connectivity index (χ0v) is 21.3. The Hall–Kier alpha value is -3.04. The van der Waals surface area contributed by atoms with E-state index in [2.05, 4.69) is 4.99 Å². The molecule has 3 rings (SSSR count). The zero-order chi connectivity index (χ0) is 25.6. The molecule has 0 amide bonds. The van der Waals surface area contributed by atoms with E-state index in [1.165, 1.54) is 6.08 Å². The first-order chi connectivity index (χ1) is 16.6. The van der Waals surface area contributed by atoms with Gasteiger partial charge in [-0.25, -0.2) is 18.2 Å². The number of furan rings is 1. The number of benzene rings is 1. The second-order valence-electron chi connectivity index (χ2n) is 7.26. The highest BCUT2D eigenvalue weighted by Crippen LogP contribution is 2.40. The van der Waals surface area contributed by atoms with Gasteiger partial charge in [0.25, 0.3) is 0 Å². The van der Waals surface area contributed by atoms with Crippen molar-refractivity contribution in [1.29, 1.82) is 5.26 Å². The average Bonchev–Trinajstić information content (AvgIpc) is 3.36. The van der Waals surface area contributed by atoms with Crippen LogP contribution in [0.3, 0.4) is 0 Å². The van der Waals surface area contributed by atoms with Gasteiger partial charge in [-0.15, -0.1) is 0 Å². The number of ether oxygens (including phenoxy) is 1. The van der Waals surface area contributed by atoms with Crippen LogP contribution < -0.4 is 0 Å². The molecule has 0 unspecified atom stereocenters. The average molecular weight is 536 g/mol. The molecule has 1 N–H and O–H groups in total. The summed E-state index contributed by atoms with van der Waals surface area (Å²) in [5.41, 5.74) is 0.468. The number of hydrogen-bond donors (Lipinski definition) is 1. The van der Waals surface area contributed by atoms with Crippen LogP contribution in [0, 0.1) is 11.3 Å². The molecule has 9 nitrogen and oxygen atoms in total. The van der Waals surface area contributed by atoms with Crippen LogP contribution in [0.5, 0.6) is 0 Å². The highest BCUT2D eigenvalue weighted by Gasteiger charge is 2.33. The molecule has 0 bridgehead atoms. The van der Waals surface area contributed by atoms with E-state index in [0.717, 1.165) is 22.3 Å². The quantitative estimate of drug-likeness (QED) is 0.452. The molecule has 0 fully saturated rings. The summed E-state index contributed by atoms with van der Waals surface area (Å²) in [5.74, 6) is -0.327. The molecule has 1 aromatic heterocycles. The maximum Gasteiger partial charge on any atom is 0.344 e. The van der Waals surface area contributed by atoms with Crippen molar-refractivity contribution >= 4 is 56.2 Å². The van der Waals surface area contributed by atoms with E-state index in [1.807, 2.05) is 6.07 Å². The summed E-state index contributed by atoms with van der Waals surface area (Å²) < 4.78 is 35.9. The van der Waals surface area contributed by atoms with Crippen LogP contribution >= 0.6 is 23.4 Å². The topological polar surface area (TPSA) is 133 Å². The van der Waals surface area contributed by atoms with Gasteiger partial charge in [-0.05, 0) is 49.4 Å². The Balaban J connectivity index is 1.90. The predicted molar refractivity (Wildman–Crippen MR) is 135 cm³/mol. The van der Waals surface area contributed by atoms with Crippen LogP contribution in [-0.2, 0) is 26.1 Å². The van der Waals surface area contributed by atoms with Gasteiger partial charge in [-0.1, -0.05) is 23.4 Å². The summed E-state index contributed by atoms with van der Waals surface area (Å²) in [6.07, 6.45) is 2.63. The number of nitrogens with zero attached hydrogens (tertiary/aromatic N) is 3. The number of rotatable bonds is 9. The van der Waals surface area contributed by atoms with E-state index < -0.39 is 16.0 Å². The van der Waals surface area contributed by atoms with E-state index in [1.54, 1.807) is 43.3 Å². The number of esters is 1. The van der Waals surface area contributed by atoms with Crippen LogP contribution in [0.15, 0.2) is 62.0 Å². The minimum absolute atomic E-state index is 0.0409. The molecule has 1 aliphatic rings. The Morgan fingerprint density at radius 2 is 2.03 bits per heavy atom. The number of aliphatic hydroxyl groups is 1. The summed E-state index contributed by atoms with van der Waals surface area (Å²) in [4.78, 5) is 17.3. The molecule has 0 spiro atoms. The Morgan fingerprint density at radius 3 is 2.66 bits per heavy atom. The molecule has 12 heteroatoms. The van der Waals surface area contributed by atoms with Gasteiger partial charge in [0.2, 0.25) is 10.0 Å². The molecule has 1 aliphatic heterocycles. The Bertz CT molecular complexity index is 1340. The van der Waals surface area contributed by atoms with Crippen molar-refractivity contribution in [2.75, 3.05) is 19.4 Å². The first kappa shape index (κ1) is 26.6. The monoisotopic (exact) mass is 535 g/mol. The van der Waals surface area contributed by atoms with Crippen molar-refractivity contribution in [3.8, 4) is 6.07 Å². The number of nitriles is 1. The third-order valence-corrected chi connectivity index (χ3v) is 7.18. The van der Waals surface area contributed by atoms with E-state index in [4.69, 9.17) is 26.0 Å². The molecule has 2 heterocycles. The lowest BCUT2D eigenvalue weighted by Gasteiger charge is -2.16. The first-order valence-corrected chi connectivity index (χ1v) is 13.4. The number of thioether (sulfide) groups is 1. The summed E-state index contributed by atoms with van der Waals surface area (Å²) in [7, 11) is -3.54. The predicted octanol–water partition coefficient (Wildman–Crippen LogP) is 4.80. The lowest BCUT2D eigenvalue weighted by molar-refractivity contribution is -0.138. The van der Waals surface area contributed by atoms with Crippen LogP contribution in [0.25, 0.3) is 6.08 Å². The number of sulfonamides is 1. The molecular formula is C23H22ClN3O6S2. The van der Waals surface area contributed by atoms with Crippen molar-refractivity contribution < 1.29 is 27.5 Å². The van der Waals surface area contributed by atoms with Gasteiger partial charge in [0.1, 0.15) is 27.9 Å². The molecule has 184 valence electrons. The third-order valence-electron chi connectivity index (χ3n) is 4.66. The molecule has 0 saturated carbocycles. The maximum atomic E-state index is 12.5. The molecular weight excluding hydrogens is 514 g/mol. The fourth-order valence-corrected chi connectivity index (χ4v) is 4.95. The Labute approximate surface area is 212 Å². The fourth-order valence-electron chi connectivity index (χ4n) is 3.02. The molecule has 0 saturated heterocycles. The number of halogens is 1. The van der Waals surface area contributed by atoms with Gasteiger partial charge in [-0.2, -0.15) is 9.57 Å². The molecule has 0 aliphatic carbocycles. The summed E-state index contributed by atoms with van der Waals surface area (Å²) in [6, 6.07) is 11.8. The van der Waals surface area contributed by atoms with Crippen molar-refractivity contribution in [3.63, 3.8) is 0 Å². The number of carbonyl (C=O) groups excluding carboxylic acids is 1. The van der Waals surface area contributed by atoms with Gasteiger partial charge in [0, 0.05) is 18.0 Å². The van der Waals surface area contributed by atoms with Crippen molar-refractivity contribution in [2.24, 2.45) is 4.99 Å². The van der Waals surface area contributed by atoms with E-state index in [9.17, 15) is 18.3 Å². The van der Waals surface area contributed by atoms with Crippen molar-refractivity contribution in [2.45, 2.75) is 19.9 Å². The van der Waals surface area contributed by atoms with Crippen LogP contribution in [0.4, 0.5) is 5.69 Å². The minimum Gasteiger partial charge on any atom is -0.506 e. The van der Waals surface area contributed by atoms with E-state index in [0.29, 0.717) is 27.1 Å². The largest absolute Gasteiger partial charge is 0.506 e. The number of aliphatic imine (C=N–C) groups is 1. The van der Waals surface area contributed by atoms with E-state index >= 15 is 0 Å².